The predicted molar refractivity (Wildman–Crippen MR) is 72.3 cm³/mol. The van der Waals surface area contributed by atoms with E-state index in [9.17, 15) is 4.79 Å². The Kier molecular flexibility index (Phi) is 5.53. The summed E-state index contributed by atoms with van der Waals surface area (Å²) in [5.41, 5.74) is 3.48. The molecule has 3 nitrogen and oxygen atoms in total. The second-order valence-electron chi connectivity index (χ2n) is 4.30. The van der Waals surface area contributed by atoms with E-state index >= 15 is 0 Å². The lowest BCUT2D eigenvalue weighted by atomic mass is 10.1. The van der Waals surface area contributed by atoms with Crippen LogP contribution in [-0.2, 0) is 4.79 Å². The first kappa shape index (κ1) is 13.6. The molecule has 0 fully saturated rings. The number of anilines is 1. The maximum absolute atomic E-state index is 11.5. The molecule has 0 aliphatic carbocycles. The van der Waals surface area contributed by atoms with Crippen LogP contribution in [0.2, 0.25) is 0 Å². The highest BCUT2D eigenvalue weighted by atomic mass is 16.1. The highest BCUT2D eigenvalue weighted by Gasteiger charge is 2.03. The van der Waals surface area contributed by atoms with Gasteiger partial charge < -0.3 is 10.6 Å². The third kappa shape index (κ3) is 4.47. The molecule has 1 aromatic carbocycles. The standard InChI is InChI=1S/C14H22N2O/c1-4-5-9-15-14(17)10-16-13-8-6-7-11(2)12(13)3/h6-8,16H,4-5,9-10H2,1-3H3,(H,15,17). The average Bonchev–Trinajstić information content (AvgIpc) is 2.31. The van der Waals surface area contributed by atoms with Gasteiger partial charge in [0.15, 0.2) is 0 Å². The molecule has 0 aliphatic rings. The van der Waals surface area contributed by atoms with Gasteiger partial charge in [-0.25, -0.2) is 0 Å². The first-order valence-electron chi connectivity index (χ1n) is 6.22. The zero-order valence-corrected chi connectivity index (χ0v) is 11.0. The van der Waals surface area contributed by atoms with E-state index in [-0.39, 0.29) is 5.91 Å². The lowest BCUT2D eigenvalue weighted by Crippen LogP contribution is -2.30. The lowest BCUT2D eigenvalue weighted by molar-refractivity contribution is -0.119. The Morgan fingerprint density at radius 1 is 1.29 bits per heavy atom. The topological polar surface area (TPSA) is 41.1 Å². The predicted octanol–water partition coefficient (Wildman–Crippen LogP) is 2.63. The SMILES string of the molecule is CCCCNC(=O)CNc1cccc(C)c1C. The third-order valence-corrected chi connectivity index (χ3v) is 2.90. The van der Waals surface area contributed by atoms with E-state index in [0.29, 0.717) is 6.54 Å². The van der Waals surface area contributed by atoms with Crippen LogP contribution in [-0.4, -0.2) is 19.0 Å². The molecule has 1 aromatic rings. The number of unbranched alkanes of at least 4 members (excludes halogenated alkanes) is 1. The molecule has 94 valence electrons. The van der Waals surface area contributed by atoms with Gasteiger partial charge in [-0.15, -0.1) is 0 Å². The molecule has 1 rings (SSSR count). The van der Waals surface area contributed by atoms with E-state index in [1.165, 1.54) is 11.1 Å². The highest BCUT2D eigenvalue weighted by molar-refractivity contribution is 5.80. The molecule has 0 saturated heterocycles. The molecule has 1 amide bonds. The maximum Gasteiger partial charge on any atom is 0.239 e. The summed E-state index contributed by atoms with van der Waals surface area (Å²) in [4.78, 5) is 11.5. The number of aryl methyl sites for hydroxylation is 1. The van der Waals surface area contributed by atoms with Gasteiger partial charge in [-0.3, -0.25) is 4.79 Å². The van der Waals surface area contributed by atoms with Crippen LogP contribution < -0.4 is 10.6 Å². The van der Waals surface area contributed by atoms with Crippen molar-refractivity contribution in [3.05, 3.63) is 29.3 Å². The van der Waals surface area contributed by atoms with Crippen LogP contribution in [0.1, 0.15) is 30.9 Å². The normalized spacial score (nSPS) is 10.1. The molecule has 0 saturated carbocycles. The van der Waals surface area contributed by atoms with Crippen molar-refractivity contribution in [2.24, 2.45) is 0 Å². The van der Waals surface area contributed by atoms with Gasteiger partial charge in [0.05, 0.1) is 6.54 Å². The Morgan fingerprint density at radius 2 is 2.06 bits per heavy atom. The molecule has 0 spiro atoms. The summed E-state index contributed by atoms with van der Waals surface area (Å²) in [6, 6.07) is 6.07. The van der Waals surface area contributed by atoms with Crippen LogP contribution in [0.4, 0.5) is 5.69 Å². The number of amides is 1. The van der Waals surface area contributed by atoms with E-state index in [4.69, 9.17) is 0 Å². The molecule has 0 radical (unpaired) electrons. The summed E-state index contributed by atoms with van der Waals surface area (Å²) in [5, 5.41) is 6.05. The molecule has 0 aromatic heterocycles. The van der Waals surface area contributed by atoms with E-state index in [1.54, 1.807) is 0 Å². The van der Waals surface area contributed by atoms with Crippen molar-refractivity contribution < 1.29 is 4.79 Å². The molecule has 0 heterocycles. The number of carbonyl (C=O) groups excluding carboxylic acids is 1. The first-order valence-corrected chi connectivity index (χ1v) is 6.22. The minimum absolute atomic E-state index is 0.0550. The van der Waals surface area contributed by atoms with E-state index < -0.39 is 0 Å². The zero-order chi connectivity index (χ0) is 12.7. The fourth-order valence-corrected chi connectivity index (χ4v) is 1.59. The monoisotopic (exact) mass is 234 g/mol. The maximum atomic E-state index is 11.5. The van der Waals surface area contributed by atoms with Crippen molar-refractivity contribution in [2.75, 3.05) is 18.4 Å². The molecule has 17 heavy (non-hydrogen) atoms. The molecule has 2 N–H and O–H groups in total. The summed E-state index contributed by atoms with van der Waals surface area (Å²) >= 11 is 0. The van der Waals surface area contributed by atoms with Gasteiger partial charge in [0.2, 0.25) is 5.91 Å². The van der Waals surface area contributed by atoms with Crippen molar-refractivity contribution in [3.63, 3.8) is 0 Å². The van der Waals surface area contributed by atoms with E-state index in [2.05, 4.69) is 37.5 Å². The van der Waals surface area contributed by atoms with Gasteiger partial charge in [0, 0.05) is 12.2 Å². The van der Waals surface area contributed by atoms with E-state index in [0.717, 1.165) is 25.1 Å². The van der Waals surface area contributed by atoms with Gasteiger partial charge in [0.1, 0.15) is 0 Å². The number of rotatable bonds is 6. The summed E-state index contributed by atoms with van der Waals surface area (Å²) in [7, 11) is 0. The van der Waals surface area contributed by atoms with E-state index in [1.807, 2.05) is 12.1 Å². The highest BCUT2D eigenvalue weighted by Crippen LogP contribution is 2.17. The first-order chi connectivity index (χ1) is 8.15. The van der Waals surface area contributed by atoms with Crippen molar-refractivity contribution in [1.82, 2.24) is 5.32 Å². The summed E-state index contributed by atoms with van der Waals surface area (Å²) in [6.07, 6.45) is 2.14. The van der Waals surface area contributed by atoms with Crippen LogP contribution >= 0.6 is 0 Å². The van der Waals surface area contributed by atoms with Crippen LogP contribution in [0.5, 0.6) is 0 Å². The molecular formula is C14H22N2O. The number of hydrogen-bond acceptors (Lipinski definition) is 2. The molecule has 3 heteroatoms. The Bertz CT molecular complexity index is 374. The minimum Gasteiger partial charge on any atom is -0.376 e. The third-order valence-electron chi connectivity index (χ3n) is 2.90. The summed E-state index contributed by atoms with van der Waals surface area (Å²) in [5.74, 6) is 0.0550. The molecule has 0 bridgehead atoms. The van der Waals surface area contributed by atoms with Gasteiger partial charge in [-0.05, 0) is 37.5 Å². The Balaban J connectivity index is 2.39. The number of hydrogen-bond donors (Lipinski definition) is 2. The fourth-order valence-electron chi connectivity index (χ4n) is 1.59. The van der Waals surface area contributed by atoms with Crippen LogP contribution in [0.25, 0.3) is 0 Å². The summed E-state index contributed by atoms with van der Waals surface area (Å²) < 4.78 is 0. The quantitative estimate of drug-likeness (QED) is 0.743. The molecule has 0 unspecified atom stereocenters. The molecular weight excluding hydrogens is 212 g/mol. The van der Waals surface area contributed by atoms with Gasteiger partial charge in [-0.2, -0.15) is 0 Å². The van der Waals surface area contributed by atoms with Crippen molar-refractivity contribution in [3.8, 4) is 0 Å². The van der Waals surface area contributed by atoms with Gasteiger partial charge >= 0.3 is 0 Å². The molecule has 0 aliphatic heterocycles. The van der Waals surface area contributed by atoms with Gasteiger partial charge in [0.25, 0.3) is 0 Å². The van der Waals surface area contributed by atoms with Crippen molar-refractivity contribution in [2.45, 2.75) is 33.6 Å². The Labute approximate surface area is 104 Å². The van der Waals surface area contributed by atoms with Crippen LogP contribution in [0.3, 0.4) is 0 Å². The minimum atomic E-state index is 0.0550. The van der Waals surface area contributed by atoms with Crippen molar-refractivity contribution >= 4 is 11.6 Å². The second-order valence-corrected chi connectivity index (χ2v) is 4.30. The van der Waals surface area contributed by atoms with Crippen molar-refractivity contribution in [1.29, 1.82) is 0 Å². The lowest BCUT2D eigenvalue weighted by Gasteiger charge is -2.11. The van der Waals surface area contributed by atoms with Crippen LogP contribution in [0.15, 0.2) is 18.2 Å². The summed E-state index contributed by atoms with van der Waals surface area (Å²) in [6.45, 7) is 7.35. The second kappa shape index (κ2) is 6.94. The van der Waals surface area contributed by atoms with Gasteiger partial charge in [-0.1, -0.05) is 25.5 Å². The number of benzene rings is 1. The Morgan fingerprint density at radius 3 is 2.76 bits per heavy atom. The average molecular weight is 234 g/mol. The largest absolute Gasteiger partial charge is 0.376 e. The smallest absolute Gasteiger partial charge is 0.239 e. The van der Waals surface area contributed by atoms with Crippen LogP contribution in [0, 0.1) is 13.8 Å². The Hall–Kier alpha value is -1.51. The molecule has 0 atom stereocenters. The fraction of sp³-hybridized carbons (Fsp3) is 0.500. The zero-order valence-electron chi connectivity index (χ0n) is 11.0. The number of carbonyl (C=O) groups is 1. The number of nitrogens with one attached hydrogen (secondary N) is 2.